The van der Waals surface area contributed by atoms with Gasteiger partial charge in [-0.25, -0.2) is 13.1 Å². The van der Waals surface area contributed by atoms with Crippen molar-refractivity contribution in [3.05, 3.63) is 96.1 Å². The maximum atomic E-state index is 13.4. The number of benzene rings is 3. The van der Waals surface area contributed by atoms with Crippen LogP contribution < -0.4 is 15.2 Å². The molecule has 0 saturated heterocycles. The summed E-state index contributed by atoms with van der Waals surface area (Å²) >= 11 is 0. The van der Waals surface area contributed by atoms with Gasteiger partial charge in [0.1, 0.15) is 12.4 Å². The SMILES string of the molecule is COCCOCCOCCOCCOCCOCCOCCOCCOCCOCCOCCOCCOCCOCCOCCOCCOCCOc1ccc(S(=O)(=O)N[C@@H](c2ccccc2)[C@@H](N)c2ccccc2)cc1. The normalized spacial score (nSPS) is 12.6. The lowest BCUT2D eigenvalue weighted by Crippen LogP contribution is -2.36. The molecule has 0 bridgehead atoms. The Morgan fingerprint density at radius 1 is 0.333 bits per heavy atom. The van der Waals surface area contributed by atoms with E-state index < -0.39 is 22.1 Å². The van der Waals surface area contributed by atoms with Gasteiger partial charge in [0.2, 0.25) is 10.0 Å². The second-order valence-electron chi connectivity index (χ2n) is 16.6. The highest BCUT2D eigenvalue weighted by Crippen LogP contribution is 2.29. The van der Waals surface area contributed by atoms with Gasteiger partial charge in [0.25, 0.3) is 0 Å². The van der Waals surface area contributed by atoms with E-state index in [-0.39, 0.29) is 4.90 Å². The monoisotopic (exact) mass is 1130 g/mol. The Morgan fingerprint density at radius 3 is 0.846 bits per heavy atom. The van der Waals surface area contributed by atoms with E-state index in [1.807, 2.05) is 60.7 Å². The zero-order valence-electron chi connectivity index (χ0n) is 45.9. The van der Waals surface area contributed by atoms with Crippen molar-refractivity contribution in [3.8, 4) is 5.75 Å². The summed E-state index contributed by atoms with van der Waals surface area (Å²) in [6.45, 7) is 16.2. The van der Waals surface area contributed by atoms with Crippen molar-refractivity contribution < 1.29 is 93.7 Å². The lowest BCUT2D eigenvalue weighted by atomic mass is 9.95. The predicted octanol–water partition coefficient (Wildman–Crippen LogP) is 3.70. The molecule has 3 aromatic rings. The topological polar surface area (TPSA) is 238 Å². The summed E-state index contributed by atoms with van der Waals surface area (Å²) in [6.07, 6.45) is 0. The Hall–Kier alpha value is -3.35. The summed E-state index contributed by atoms with van der Waals surface area (Å²) < 4.78 is 128. The van der Waals surface area contributed by atoms with E-state index in [4.69, 9.17) is 91.0 Å². The third-order valence-electron chi connectivity index (χ3n) is 10.6. The number of hydrogen-bond donors (Lipinski definition) is 2. The Kier molecular flexibility index (Phi) is 44.7. The molecule has 78 heavy (non-hydrogen) atoms. The molecule has 0 fully saturated rings. The molecular weight excluding hydrogens is 1040 g/mol. The van der Waals surface area contributed by atoms with Gasteiger partial charge in [-0.15, -0.1) is 0 Å². The minimum absolute atomic E-state index is 0.104. The third kappa shape index (κ3) is 38.3. The molecule has 0 aliphatic carbocycles. The minimum atomic E-state index is -3.91. The van der Waals surface area contributed by atoms with Crippen LogP contribution >= 0.6 is 0 Å². The van der Waals surface area contributed by atoms with Crippen molar-refractivity contribution in [3.63, 3.8) is 0 Å². The molecule has 3 rings (SSSR count). The Labute approximate surface area is 463 Å². The van der Waals surface area contributed by atoms with Crippen molar-refractivity contribution in [2.24, 2.45) is 5.73 Å². The molecule has 23 heteroatoms. The minimum Gasteiger partial charge on any atom is -0.491 e. The molecule has 2 atom stereocenters. The molecule has 446 valence electrons. The Morgan fingerprint density at radius 2 is 0.577 bits per heavy atom. The van der Waals surface area contributed by atoms with Crippen LogP contribution in [0, 0.1) is 0 Å². The van der Waals surface area contributed by atoms with Gasteiger partial charge in [0.05, 0.1) is 235 Å². The van der Waals surface area contributed by atoms with E-state index in [0.29, 0.717) is 230 Å². The second kappa shape index (κ2) is 50.6. The van der Waals surface area contributed by atoms with Crippen molar-refractivity contribution >= 4 is 10.0 Å². The maximum Gasteiger partial charge on any atom is 0.241 e. The number of methoxy groups -OCH3 is 1. The van der Waals surface area contributed by atoms with Crippen LogP contribution in [-0.2, 0) is 90.5 Å². The lowest BCUT2D eigenvalue weighted by Gasteiger charge is -2.26. The van der Waals surface area contributed by atoms with Gasteiger partial charge in [-0.1, -0.05) is 60.7 Å². The molecule has 0 saturated carbocycles. The summed E-state index contributed by atoms with van der Waals surface area (Å²) in [5.41, 5.74) is 8.17. The smallest absolute Gasteiger partial charge is 0.241 e. The lowest BCUT2D eigenvalue weighted by molar-refractivity contribution is -0.0306. The van der Waals surface area contributed by atoms with Crippen LogP contribution in [0.5, 0.6) is 5.75 Å². The second-order valence-corrected chi connectivity index (χ2v) is 18.3. The van der Waals surface area contributed by atoms with Gasteiger partial charge in [0.15, 0.2) is 0 Å². The fraction of sp³-hybridized carbons (Fsp3) is 0.673. The Balaban J connectivity index is 0.948. The number of sulfonamides is 1. The summed E-state index contributed by atoms with van der Waals surface area (Å²) in [7, 11) is -2.26. The first-order valence-corrected chi connectivity index (χ1v) is 28.3. The van der Waals surface area contributed by atoms with E-state index >= 15 is 0 Å². The molecule has 0 spiro atoms. The number of nitrogens with two attached hydrogens (primary N) is 1. The van der Waals surface area contributed by atoms with Gasteiger partial charge in [0, 0.05) is 7.11 Å². The molecule has 3 aromatic carbocycles. The van der Waals surface area contributed by atoms with E-state index in [2.05, 4.69) is 4.72 Å². The highest BCUT2D eigenvalue weighted by Gasteiger charge is 2.27. The molecule has 22 nitrogen and oxygen atoms in total. The van der Waals surface area contributed by atoms with Crippen molar-refractivity contribution in [2.75, 3.05) is 232 Å². The summed E-state index contributed by atoms with van der Waals surface area (Å²) in [6, 6.07) is 23.7. The summed E-state index contributed by atoms with van der Waals surface area (Å²) in [5.74, 6) is 0.523. The molecular formula is C55H90N2O20S. The molecule has 0 aliphatic heterocycles. The van der Waals surface area contributed by atoms with E-state index in [0.717, 1.165) is 11.1 Å². The Bertz CT molecular complexity index is 1850. The quantitative estimate of drug-likeness (QED) is 0.0767. The fourth-order valence-corrected chi connectivity index (χ4v) is 7.84. The standard InChI is InChI=1S/C55H90N2O20S/c1-60-16-17-61-18-19-62-20-21-63-22-23-64-24-25-65-26-27-66-28-29-67-30-31-68-32-33-69-34-35-70-36-37-71-38-39-72-40-41-73-42-43-74-44-45-75-46-47-76-48-49-77-52-12-14-53(15-13-52)78(58,59)57-55(51-10-6-3-7-11-51)54(56)50-8-4-2-5-9-50/h2-15,54-55,57H,16-49,56H2,1H3/t54-,55-/m0/s1. The van der Waals surface area contributed by atoms with Gasteiger partial charge < -0.3 is 91.0 Å². The molecule has 0 aromatic heterocycles. The molecule has 3 N–H and O–H groups in total. The zero-order valence-corrected chi connectivity index (χ0v) is 46.7. The third-order valence-corrected chi connectivity index (χ3v) is 12.1. The van der Waals surface area contributed by atoms with Crippen LogP contribution in [0.2, 0.25) is 0 Å². The van der Waals surface area contributed by atoms with Gasteiger partial charge in [-0.05, 0) is 35.4 Å². The van der Waals surface area contributed by atoms with Crippen molar-refractivity contribution in [2.45, 2.75) is 17.0 Å². The molecule has 0 unspecified atom stereocenters. The summed E-state index contributed by atoms with van der Waals surface area (Å²) in [5, 5.41) is 0. The van der Waals surface area contributed by atoms with Crippen molar-refractivity contribution in [1.29, 1.82) is 0 Å². The van der Waals surface area contributed by atoms with Gasteiger partial charge in [-0.3, -0.25) is 0 Å². The van der Waals surface area contributed by atoms with Gasteiger partial charge >= 0.3 is 0 Å². The van der Waals surface area contributed by atoms with Crippen LogP contribution in [0.1, 0.15) is 23.2 Å². The average Bonchev–Trinajstić information content (AvgIpc) is 3.51. The van der Waals surface area contributed by atoms with Crippen molar-refractivity contribution in [1.82, 2.24) is 4.72 Å². The average molecular weight is 1130 g/mol. The van der Waals surface area contributed by atoms with Crippen LogP contribution in [0.15, 0.2) is 89.8 Å². The van der Waals surface area contributed by atoms with Crippen LogP contribution in [-0.4, -0.2) is 240 Å². The van der Waals surface area contributed by atoms with Crippen LogP contribution in [0.3, 0.4) is 0 Å². The predicted molar refractivity (Wildman–Crippen MR) is 290 cm³/mol. The number of rotatable bonds is 58. The highest BCUT2D eigenvalue weighted by atomic mass is 32.2. The number of hydrogen-bond acceptors (Lipinski definition) is 21. The molecule has 0 radical (unpaired) electrons. The van der Waals surface area contributed by atoms with E-state index in [9.17, 15) is 8.42 Å². The first-order valence-electron chi connectivity index (χ1n) is 26.8. The van der Waals surface area contributed by atoms with E-state index in [1.165, 1.54) is 12.1 Å². The van der Waals surface area contributed by atoms with Crippen LogP contribution in [0.25, 0.3) is 0 Å². The summed E-state index contributed by atoms with van der Waals surface area (Å²) in [4.78, 5) is 0.104. The fourth-order valence-electron chi connectivity index (χ4n) is 6.59. The molecule has 0 amide bonds. The molecule has 0 aliphatic rings. The number of ether oxygens (including phenoxy) is 18. The van der Waals surface area contributed by atoms with Gasteiger partial charge in [-0.2, -0.15) is 0 Å². The zero-order chi connectivity index (χ0) is 55.3. The van der Waals surface area contributed by atoms with E-state index in [1.54, 1.807) is 19.2 Å². The molecule has 0 heterocycles. The maximum absolute atomic E-state index is 13.4. The highest BCUT2D eigenvalue weighted by molar-refractivity contribution is 7.89. The first kappa shape index (κ1) is 68.9. The van der Waals surface area contributed by atoms with Crippen LogP contribution in [0.4, 0.5) is 0 Å². The first-order chi connectivity index (χ1) is 38.5. The largest absolute Gasteiger partial charge is 0.491 e. The number of nitrogens with one attached hydrogen (secondary N) is 1.